The molecule has 164 valence electrons. The van der Waals surface area contributed by atoms with Crippen LogP contribution in [0.2, 0.25) is 0 Å². The lowest BCUT2D eigenvalue weighted by Gasteiger charge is -2.37. The van der Waals surface area contributed by atoms with E-state index in [1.165, 1.54) is 5.56 Å². The molecule has 0 spiro atoms. The van der Waals surface area contributed by atoms with E-state index in [1.807, 2.05) is 6.07 Å². The molecule has 2 aliphatic rings. The number of hydrogen-bond acceptors (Lipinski definition) is 3. The number of rotatable bonds is 5. The number of aliphatic hydroxyl groups excluding tert-OH is 1. The van der Waals surface area contributed by atoms with Crippen LogP contribution in [0.5, 0.6) is 0 Å². The van der Waals surface area contributed by atoms with Crippen molar-refractivity contribution in [3.63, 3.8) is 0 Å². The summed E-state index contributed by atoms with van der Waals surface area (Å²) in [5, 5.41) is 11.6. The Kier molecular flexibility index (Phi) is 6.19. The number of carbonyl (C=O) groups excluding carboxylic acids is 1. The average Bonchev–Trinajstić information content (AvgIpc) is 3.45. The molecule has 0 bridgehead atoms. The number of nitrogens with zero attached hydrogens (tertiary/aromatic N) is 2. The van der Waals surface area contributed by atoms with Crippen molar-refractivity contribution in [3.05, 3.63) is 51.8 Å². The van der Waals surface area contributed by atoms with Crippen molar-refractivity contribution in [3.8, 4) is 0 Å². The summed E-state index contributed by atoms with van der Waals surface area (Å²) in [7, 11) is 1.00. The number of fused-ring (bicyclic) bond motifs is 1. The maximum atomic E-state index is 13.8. The number of aromatic nitrogens is 2. The van der Waals surface area contributed by atoms with Gasteiger partial charge in [-0.2, -0.15) is 5.10 Å². The summed E-state index contributed by atoms with van der Waals surface area (Å²) in [5.41, 5.74) is 5.74. The first-order valence-electron chi connectivity index (χ1n) is 10.6. The Bertz CT molecular complexity index is 941. The number of alkyl halides is 2. The van der Waals surface area contributed by atoms with E-state index in [-0.39, 0.29) is 12.3 Å². The number of ketones is 1. The van der Waals surface area contributed by atoms with Gasteiger partial charge in [-0.05, 0) is 75.1 Å². The SMILES string of the molecule is CC(=O)C1(c2cccc(C)c2C)CCc2nn(CC(C)(F)F)c(C3CC3)c2C1.CO. The minimum Gasteiger partial charge on any atom is -0.400 e. The summed E-state index contributed by atoms with van der Waals surface area (Å²) < 4.78 is 29.1. The average molecular weight is 419 g/mol. The number of aryl methyl sites for hydroxylation is 2. The number of carbonyl (C=O) groups is 1. The summed E-state index contributed by atoms with van der Waals surface area (Å²) >= 11 is 0. The summed E-state index contributed by atoms with van der Waals surface area (Å²) in [5.74, 6) is -2.34. The minimum atomic E-state index is -2.80. The highest BCUT2D eigenvalue weighted by molar-refractivity contribution is 5.89. The zero-order chi connectivity index (χ0) is 22.3. The number of hydrogen-bond donors (Lipinski definition) is 1. The van der Waals surface area contributed by atoms with Crippen LogP contribution in [-0.2, 0) is 29.6 Å². The number of benzene rings is 1. The van der Waals surface area contributed by atoms with Crippen molar-refractivity contribution in [2.45, 2.75) is 83.6 Å². The summed E-state index contributed by atoms with van der Waals surface area (Å²) in [4.78, 5) is 13.0. The zero-order valence-electron chi connectivity index (χ0n) is 18.6. The van der Waals surface area contributed by atoms with Crippen LogP contribution in [0.15, 0.2) is 18.2 Å². The van der Waals surface area contributed by atoms with E-state index in [0.717, 1.165) is 55.0 Å². The van der Waals surface area contributed by atoms with Crippen molar-refractivity contribution in [1.29, 1.82) is 0 Å². The smallest absolute Gasteiger partial charge is 0.264 e. The first kappa shape index (κ1) is 22.6. The molecule has 1 saturated carbocycles. The molecule has 1 N–H and O–H groups in total. The van der Waals surface area contributed by atoms with Gasteiger partial charge in [0, 0.05) is 25.6 Å². The van der Waals surface area contributed by atoms with E-state index in [0.29, 0.717) is 25.2 Å². The molecule has 0 saturated heterocycles. The van der Waals surface area contributed by atoms with Crippen molar-refractivity contribution in [2.24, 2.45) is 0 Å². The molecule has 1 fully saturated rings. The van der Waals surface area contributed by atoms with E-state index in [4.69, 9.17) is 5.11 Å². The van der Waals surface area contributed by atoms with Crippen molar-refractivity contribution in [2.75, 3.05) is 7.11 Å². The molecule has 30 heavy (non-hydrogen) atoms. The Morgan fingerprint density at radius 2 is 1.97 bits per heavy atom. The summed E-state index contributed by atoms with van der Waals surface area (Å²) in [6.45, 7) is 6.38. The van der Waals surface area contributed by atoms with Crippen LogP contribution in [0.1, 0.15) is 72.7 Å². The zero-order valence-corrected chi connectivity index (χ0v) is 18.6. The molecule has 1 aromatic carbocycles. The predicted molar refractivity (Wildman–Crippen MR) is 113 cm³/mol. The van der Waals surface area contributed by atoms with Crippen LogP contribution < -0.4 is 0 Å². The highest BCUT2D eigenvalue weighted by Gasteiger charge is 2.45. The molecule has 4 rings (SSSR count). The summed E-state index contributed by atoms with van der Waals surface area (Å²) in [6, 6.07) is 6.15. The lowest BCUT2D eigenvalue weighted by atomic mass is 9.64. The molecule has 2 aromatic rings. The van der Waals surface area contributed by atoms with Gasteiger partial charge in [0.25, 0.3) is 5.92 Å². The van der Waals surface area contributed by atoms with Gasteiger partial charge < -0.3 is 5.11 Å². The molecule has 6 heteroatoms. The number of aliphatic hydroxyl groups is 1. The van der Waals surface area contributed by atoms with E-state index in [1.54, 1.807) is 11.6 Å². The minimum absolute atomic E-state index is 0.155. The van der Waals surface area contributed by atoms with E-state index < -0.39 is 11.3 Å². The van der Waals surface area contributed by atoms with Gasteiger partial charge in [-0.15, -0.1) is 0 Å². The second kappa shape index (κ2) is 8.22. The maximum absolute atomic E-state index is 13.8. The standard InChI is InChI=1S/C23H28F2N2O.CH4O/c1-14-6-5-7-19(15(14)2)23(16(3)28)11-10-20-18(12-23)21(17-8-9-17)27(26-20)13-22(4,24)25;1-2/h5-7,17H,8-13H2,1-4H3;2H,1H3. The third-order valence-corrected chi connectivity index (χ3v) is 6.63. The second-order valence-corrected chi connectivity index (χ2v) is 8.88. The molecular formula is C24H32F2N2O2. The monoisotopic (exact) mass is 418 g/mol. The molecule has 1 atom stereocenters. The number of halogens is 2. The Hall–Kier alpha value is -2.08. The highest BCUT2D eigenvalue weighted by atomic mass is 19.3. The van der Waals surface area contributed by atoms with Crippen molar-refractivity contribution >= 4 is 5.78 Å². The Morgan fingerprint density at radius 3 is 2.53 bits per heavy atom. The topological polar surface area (TPSA) is 55.1 Å². The van der Waals surface area contributed by atoms with Crippen molar-refractivity contribution < 1.29 is 18.7 Å². The normalized spacial score (nSPS) is 20.9. The molecule has 0 aliphatic heterocycles. The third kappa shape index (κ3) is 4.07. The first-order chi connectivity index (χ1) is 14.1. The van der Waals surface area contributed by atoms with Gasteiger partial charge in [0.05, 0.1) is 11.1 Å². The molecule has 0 amide bonds. The molecular weight excluding hydrogens is 386 g/mol. The summed E-state index contributed by atoms with van der Waals surface area (Å²) in [6.07, 6.45) is 3.95. The fourth-order valence-corrected chi connectivity index (χ4v) is 4.87. The van der Waals surface area contributed by atoms with E-state index in [9.17, 15) is 13.6 Å². The lowest BCUT2D eigenvalue weighted by molar-refractivity contribution is -0.123. The Balaban J connectivity index is 0.00000124. The molecule has 1 unspecified atom stereocenters. The number of Topliss-reactive ketones (excluding diaryl/α,β-unsaturated/α-hetero) is 1. The quantitative estimate of drug-likeness (QED) is 0.769. The molecule has 1 aromatic heterocycles. The molecule has 4 nitrogen and oxygen atoms in total. The lowest BCUT2D eigenvalue weighted by Crippen LogP contribution is -2.41. The molecule has 1 heterocycles. The third-order valence-electron chi connectivity index (χ3n) is 6.63. The van der Waals surface area contributed by atoms with Crippen LogP contribution in [0.4, 0.5) is 8.78 Å². The predicted octanol–water partition coefficient (Wildman–Crippen LogP) is 4.66. The van der Waals surface area contributed by atoms with Gasteiger partial charge in [-0.1, -0.05) is 18.2 Å². The largest absolute Gasteiger partial charge is 0.400 e. The molecule has 2 aliphatic carbocycles. The Morgan fingerprint density at radius 1 is 1.30 bits per heavy atom. The van der Waals surface area contributed by atoms with Crippen molar-refractivity contribution in [1.82, 2.24) is 9.78 Å². The fraction of sp³-hybridized carbons (Fsp3) is 0.583. The van der Waals surface area contributed by atoms with Gasteiger partial charge in [0.15, 0.2) is 0 Å². The fourth-order valence-electron chi connectivity index (χ4n) is 4.87. The van der Waals surface area contributed by atoms with Crippen LogP contribution >= 0.6 is 0 Å². The van der Waals surface area contributed by atoms with Gasteiger partial charge in [0.1, 0.15) is 12.3 Å². The van der Waals surface area contributed by atoms with E-state index >= 15 is 0 Å². The van der Waals surface area contributed by atoms with Crippen LogP contribution in [0.25, 0.3) is 0 Å². The molecule has 0 radical (unpaired) electrons. The van der Waals surface area contributed by atoms with Gasteiger partial charge >= 0.3 is 0 Å². The van der Waals surface area contributed by atoms with E-state index in [2.05, 4.69) is 31.1 Å². The van der Waals surface area contributed by atoms with Crippen LogP contribution in [-0.4, -0.2) is 33.7 Å². The highest BCUT2D eigenvalue weighted by Crippen LogP contribution is 2.48. The second-order valence-electron chi connectivity index (χ2n) is 8.88. The first-order valence-corrected chi connectivity index (χ1v) is 10.6. The van der Waals surface area contributed by atoms with Gasteiger partial charge in [-0.3, -0.25) is 9.48 Å². The maximum Gasteiger partial charge on any atom is 0.264 e. The van der Waals surface area contributed by atoms with Gasteiger partial charge in [-0.25, -0.2) is 8.78 Å². The van der Waals surface area contributed by atoms with Crippen LogP contribution in [0.3, 0.4) is 0 Å². The Labute approximate surface area is 177 Å². The van der Waals surface area contributed by atoms with Crippen LogP contribution in [0, 0.1) is 13.8 Å². The van der Waals surface area contributed by atoms with Gasteiger partial charge in [0.2, 0.25) is 0 Å².